The molecule has 1 heterocycles. The second kappa shape index (κ2) is 9.59. The van der Waals surface area contributed by atoms with Crippen LogP contribution in [-0.2, 0) is 0 Å². The van der Waals surface area contributed by atoms with Gasteiger partial charge >= 0.3 is 0 Å². The molecule has 0 saturated carbocycles. The molecule has 0 aliphatic heterocycles. The van der Waals surface area contributed by atoms with Crippen LogP contribution in [0.5, 0.6) is 0 Å². The number of hydrogen-bond donors (Lipinski definition) is 2. The van der Waals surface area contributed by atoms with E-state index >= 15 is 0 Å². The Kier molecular flexibility index (Phi) is 6.89. The Morgan fingerprint density at radius 2 is 1.48 bits per heavy atom. The lowest BCUT2D eigenvalue weighted by Gasteiger charge is -2.15. The Labute approximate surface area is 152 Å². The second-order valence-corrected chi connectivity index (χ2v) is 7.29. The van der Waals surface area contributed by atoms with Gasteiger partial charge < -0.3 is 10.6 Å². The van der Waals surface area contributed by atoms with Crippen molar-refractivity contribution in [2.24, 2.45) is 0 Å². The van der Waals surface area contributed by atoms with Gasteiger partial charge in [-0.1, -0.05) is 23.3 Å². The summed E-state index contributed by atoms with van der Waals surface area (Å²) in [5, 5.41) is 6.87. The van der Waals surface area contributed by atoms with Crippen molar-refractivity contribution in [2.45, 2.75) is 71.1 Å². The van der Waals surface area contributed by atoms with Crippen molar-refractivity contribution >= 4 is 11.8 Å². The molecule has 0 atom stereocenters. The number of anilines is 2. The fraction of sp³-hybridized carbons (Fsp3) is 0.619. The van der Waals surface area contributed by atoms with Gasteiger partial charge in [0.25, 0.3) is 0 Å². The van der Waals surface area contributed by atoms with E-state index in [9.17, 15) is 0 Å². The van der Waals surface area contributed by atoms with Crippen LogP contribution in [0.2, 0.25) is 0 Å². The normalized spacial score (nSPS) is 17.6. The molecule has 0 amide bonds. The van der Waals surface area contributed by atoms with Crippen molar-refractivity contribution < 1.29 is 0 Å². The standard InChI is InChI=1S/C21H32N4/c1-17-16-20(22-14-12-18-8-4-2-5-9-18)25-21(24-17)23-15-13-19-10-6-3-7-11-19/h8,10,16H,2-7,9,11-15H2,1H3,(H2,22,23,24,25). The number of nitrogens with zero attached hydrogens (tertiary/aromatic N) is 2. The fourth-order valence-electron chi connectivity index (χ4n) is 3.69. The van der Waals surface area contributed by atoms with Gasteiger partial charge in [0, 0.05) is 24.8 Å². The van der Waals surface area contributed by atoms with Crippen LogP contribution >= 0.6 is 0 Å². The van der Waals surface area contributed by atoms with Gasteiger partial charge in [0.2, 0.25) is 5.95 Å². The highest BCUT2D eigenvalue weighted by Crippen LogP contribution is 2.21. The van der Waals surface area contributed by atoms with Gasteiger partial charge in [-0.3, -0.25) is 0 Å². The molecule has 1 aromatic rings. The van der Waals surface area contributed by atoms with Crippen LogP contribution in [-0.4, -0.2) is 23.1 Å². The molecule has 0 fully saturated rings. The number of rotatable bonds is 8. The largest absolute Gasteiger partial charge is 0.370 e. The monoisotopic (exact) mass is 340 g/mol. The van der Waals surface area contributed by atoms with E-state index in [-0.39, 0.29) is 0 Å². The highest BCUT2D eigenvalue weighted by molar-refractivity contribution is 5.42. The summed E-state index contributed by atoms with van der Waals surface area (Å²) in [6.45, 7) is 3.90. The van der Waals surface area contributed by atoms with Gasteiger partial charge in [0.15, 0.2) is 0 Å². The van der Waals surface area contributed by atoms with E-state index in [4.69, 9.17) is 0 Å². The van der Waals surface area contributed by atoms with Crippen molar-refractivity contribution in [1.29, 1.82) is 0 Å². The van der Waals surface area contributed by atoms with Crippen LogP contribution in [0.25, 0.3) is 0 Å². The molecule has 3 rings (SSSR count). The highest BCUT2D eigenvalue weighted by Gasteiger charge is 2.06. The molecule has 0 saturated heterocycles. The average Bonchev–Trinajstić information content (AvgIpc) is 2.63. The van der Waals surface area contributed by atoms with Crippen LogP contribution in [0.1, 0.15) is 69.9 Å². The Morgan fingerprint density at radius 3 is 2.08 bits per heavy atom. The maximum absolute atomic E-state index is 4.63. The molecule has 25 heavy (non-hydrogen) atoms. The summed E-state index contributed by atoms with van der Waals surface area (Å²) in [6, 6.07) is 2.03. The number of aromatic nitrogens is 2. The van der Waals surface area contributed by atoms with E-state index in [0.717, 1.165) is 43.4 Å². The highest BCUT2D eigenvalue weighted by atomic mass is 15.1. The van der Waals surface area contributed by atoms with Gasteiger partial charge in [-0.25, -0.2) is 4.98 Å². The summed E-state index contributed by atoms with van der Waals surface area (Å²) < 4.78 is 0. The van der Waals surface area contributed by atoms with Gasteiger partial charge in [-0.15, -0.1) is 0 Å². The summed E-state index contributed by atoms with van der Waals surface area (Å²) in [4.78, 5) is 9.15. The van der Waals surface area contributed by atoms with E-state index in [1.807, 2.05) is 13.0 Å². The zero-order valence-corrected chi connectivity index (χ0v) is 15.6. The first-order valence-electron chi connectivity index (χ1n) is 9.99. The summed E-state index contributed by atoms with van der Waals surface area (Å²) >= 11 is 0. The lowest BCUT2D eigenvalue weighted by molar-refractivity contribution is 0.678. The summed E-state index contributed by atoms with van der Waals surface area (Å²) in [6.07, 6.45) is 17.5. The Balaban J connectivity index is 1.46. The molecule has 4 nitrogen and oxygen atoms in total. The van der Waals surface area contributed by atoms with Gasteiger partial charge in [0.05, 0.1) is 0 Å². The first kappa shape index (κ1) is 18.0. The van der Waals surface area contributed by atoms with Crippen molar-refractivity contribution in [3.8, 4) is 0 Å². The molecule has 4 heteroatoms. The fourth-order valence-corrected chi connectivity index (χ4v) is 3.69. The molecule has 2 aliphatic carbocycles. The maximum Gasteiger partial charge on any atom is 0.224 e. The number of allylic oxidation sites excluding steroid dienone is 2. The molecule has 2 N–H and O–H groups in total. The summed E-state index contributed by atoms with van der Waals surface area (Å²) in [7, 11) is 0. The van der Waals surface area contributed by atoms with E-state index in [0.29, 0.717) is 0 Å². The van der Waals surface area contributed by atoms with Crippen molar-refractivity contribution in [3.05, 3.63) is 35.1 Å². The van der Waals surface area contributed by atoms with E-state index in [1.165, 1.54) is 51.4 Å². The van der Waals surface area contributed by atoms with Gasteiger partial charge in [0.1, 0.15) is 5.82 Å². The third-order valence-electron chi connectivity index (χ3n) is 5.11. The lowest BCUT2D eigenvalue weighted by atomic mass is 9.97. The SMILES string of the molecule is Cc1cc(NCCC2=CCCCC2)nc(NCCC2=CCCCC2)n1. The molecule has 1 aromatic heterocycles. The number of nitrogens with one attached hydrogen (secondary N) is 2. The summed E-state index contributed by atoms with van der Waals surface area (Å²) in [5.74, 6) is 1.68. The molecule has 0 radical (unpaired) electrons. The third-order valence-corrected chi connectivity index (χ3v) is 5.11. The molecular formula is C21H32N4. The second-order valence-electron chi connectivity index (χ2n) is 7.29. The quantitative estimate of drug-likeness (QED) is 0.623. The smallest absolute Gasteiger partial charge is 0.224 e. The van der Waals surface area contributed by atoms with Crippen molar-refractivity contribution in [1.82, 2.24) is 9.97 Å². The van der Waals surface area contributed by atoms with E-state index in [1.54, 1.807) is 11.1 Å². The number of aryl methyl sites for hydroxylation is 1. The number of hydrogen-bond acceptors (Lipinski definition) is 4. The minimum Gasteiger partial charge on any atom is -0.370 e. The first-order chi connectivity index (χ1) is 12.3. The first-order valence-corrected chi connectivity index (χ1v) is 9.99. The Hall–Kier alpha value is -1.84. The van der Waals surface area contributed by atoms with Crippen molar-refractivity contribution in [2.75, 3.05) is 23.7 Å². The molecule has 0 spiro atoms. The molecule has 2 aliphatic rings. The minimum absolute atomic E-state index is 0.746. The minimum atomic E-state index is 0.746. The zero-order valence-electron chi connectivity index (χ0n) is 15.6. The maximum atomic E-state index is 4.63. The molecule has 0 bridgehead atoms. The predicted molar refractivity (Wildman–Crippen MR) is 106 cm³/mol. The van der Waals surface area contributed by atoms with Crippen LogP contribution in [0.3, 0.4) is 0 Å². The van der Waals surface area contributed by atoms with Crippen LogP contribution in [0.4, 0.5) is 11.8 Å². The Bertz CT molecular complexity index is 568. The van der Waals surface area contributed by atoms with Crippen LogP contribution < -0.4 is 10.6 Å². The van der Waals surface area contributed by atoms with Gasteiger partial charge in [-0.05, 0) is 71.1 Å². The molecule has 0 unspecified atom stereocenters. The average molecular weight is 341 g/mol. The van der Waals surface area contributed by atoms with Crippen LogP contribution in [0.15, 0.2) is 29.4 Å². The van der Waals surface area contributed by atoms with Crippen molar-refractivity contribution in [3.63, 3.8) is 0 Å². The topological polar surface area (TPSA) is 49.8 Å². The zero-order chi connectivity index (χ0) is 17.3. The predicted octanol–water partition coefficient (Wildman–Crippen LogP) is 5.39. The molecule has 136 valence electrons. The van der Waals surface area contributed by atoms with E-state index < -0.39 is 0 Å². The molecule has 0 aromatic carbocycles. The van der Waals surface area contributed by atoms with Gasteiger partial charge in [-0.2, -0.15) is 4.98 Å². The lowest BCUT2D eigenvalue weighted by Crippen LogP contribution is -2.11. The third kappa shape index (κ3) is 6.18. The Morgan fingerprint density at radius 1 is 0.840 bits per heavy atom. The van der Waals surface area contributed by atoms with E-state index in [2.05, 4.69) is 32.8 Å². The summed E-state index contributed by atoms with van der Waals surface area (Å²) in [5.41, 5.74) is 4.20. The van der Waals surface area contributed by atoms with Crippen LogP contribution in [0, 0.1) is 6.92 Å². The molecular weight excluding hydrogens is 308 g/mol.